The predicted molar refractivity (Wildman–Crippen MR) is 102 cm³/mol. The molecule has 0 unspecified atom stereocenters. The zero-order valence-electron chi connectivity index (χ0n) is 15.6. The first kappa shape index (κ1) is 18.7. The molecule has 0 aromatic carbocycles. The summed E-state index contributed by atoms with van der Waals surface area (Å²) >= 11 is 0. The van der Waals surface area contributed by atoms with Crippen molar-refractivity contribution in [2.45, 2.75) is 25.8 Å². The molecule has 0 spiro atoms. The van der Waals surface area contributed by atoms with Crippen LogP contribution < -0.4 is 11.2 Å². The second-order valence-electron chi connectivity index (χ2n) is 6.59. The van der Waals surface area contributed by atoms with Gasteiger partial charge in [-0.2, -0.15) is 9.78 Å². The summed E-state index contributed by atoms with van der Waals surface area (Å²) in [5.41, 5.74) is 9.77. The highest BCUT2D eigenvalue weighted by Crippen LogP contribution is 2.18. The number of anilines is 1. The third-order valence-electron chi connectivity index (χ3n) is 4.56. The summed E-state index contributed by atoms with van der Waals surface area (Å²) in [6.07, 6.45) is 8.24. The second kappa shape index (κ2) is 8.56. The molecule has 0 saturated carbocycles. The third-order valence-corrected chi connectivity index (χ3v) is 4.56. The van der Waals surface area contributed by atoms with Crippen LogP contribution in [0.25, 0.3) is 5.82 Å². The predicted octanol–water partition coefficient (Wildman–Crippen LogP) is 0.377. The summed E-state index contributed by atoms with van der Waals surface area (Å²) in [4.78, 5) is 19.1. The number of aromatic nitrogens is 6. The molecule has 0 bridgehead atoms. The molecule has 0 atom stereocenters. The number of nitrogens with one attached hydrogen (secondary N) is 1. The van der Waals surface area contributed by atoms with Gasteiger partial charge in [0.1, 0.15) is 5.69 Å². The van der Waals surface area contributed by atoms with Crippen molar-refractivity contribution in [3.8, 4) is 5.82 Å². The number of piperidine rings is 1. The molecule has 1 aliphatic heterocycles. The second-order valence-corrected chi connectivity index (χ2v) is 6.59. The number of likely N-dealkylation sites (tertiary alicyclic amines) is 1. The average molecular weight is 396 g/mol. The van der Waals surface area contributed by atoms with Crippen molar-refractivity contribution in [1.29, 1.82) is 0 Å². The van der Waals surface area contributed by atoms with Gasteiger partial charge in [-0.1, -0.05) is 11.6 Å². The highest BCUT2D eigenvalue weighted by Gasteiger charge is 2.26. The van der Waals surface area contributed by atoms with E-state index in [1.165, 1.54) is 17.3 Å². The Morgan fingerprint density at radius 3 is 2.76 bits per heavy atom. The Hall–Kier alpha value is -3.67. The molecule has 4 heterocycles. The molecule has 12 nitrogen and oxygen atoms in total. The number of hydrogen-bond donors (Lipinski definition) is 2. The number of pyridine rings is 1. The fourth-order valence-electron chi connectivity index (χ4n) is 3.13. The Bertz CT molecular complexity index is 991. The first-order valence-electron chi connectivity index (χ1n) is 9.21. The van der Waals surface area contributed by atoms with Crippen LogP contribution in [0.3, 0.4) is 0 Å². The quantitative estimate of drug-likeness (QED) is 0.444. The smallest absolute Gasteiger partial charge is 0.292 e. The number of amides is 1. The van der Waals surface area contributed by atoms with Crippen LogP contribution >= 0.6 is 0 Å². The van der Waals surface area contributed by atoms with Gasteiger partial charge in [-0.05, 0) is 53.9 Å². The molecule has 0 aliphatic carbocycles. The van der Waals surface area contributed by atoms with Crippen LogP contribution in [0.15, 0.2) is 34.3 Å². The monoisotopic (exact) mass is 396 g/mol. The van der Waals surface area contributed by atoms with Gasteiger partial charge in [0.2, 0.25) is 11.6 Å². The molecule has 29 heavy (non-hydrogen) atoms. The lowest BCUT2D eigenvalue weighted by Gasteiger charge is -2.25. The lowest BCUT2D eigenvalue weighted by atomic mass is 10.1. The van der Waals surface area contributed by atoms with Crippen LogP contribution in [0.2, 0.25) is 0 Å². The van der Waals surface area contributed by atoms with Gasteiger partial charge in [0.05, 0.1) is 6.21 Å². The van der Waals surface area contributed by atoms with Gasteiger partial charge in [-0.15, -0.1) is 5.10 Å². The first-order valence-corrected chi connectivity index (χ1v) is 9.21. The summed E-state index contributed by atoms with van der Waals surface area (Å²) in [7, 11) is 0. The average Bonchev–Trinajstić information content (AvgIpc) is 3.35. The molecule has 0 radical (unpaired) electrons. The summed E-state index contributed by atoms with van der Waals surface area (Å²) in [6, 6.07) is 3.54. The minimum atomic E-state index is -0.491. The molecule has 1 aliphatic rings. The fourth-order valence-corrected chi connectivity index (χ4v) is 3.13. The molecule has 1 amide bonds. The highest BCUT2D eigenvalue weighted by atomic mass is 16.6. The van der Waals surface area contributed by atoms with Crippen molar-refractivity contribution in [2.75, 3.05) is 18.8 Å². The van der Waals surface area contributed by atoms with Crippen LogP contribution in [0, 0.1) is 0 Å². The molecule has 12 heteroatoms. The lowest BCUT2D eigenvalue weighted by Crippen LogP contribution is -2.31. The van der Waals surface area contributed by atoms with Crippen molar-refractivity contribution in [3.63, 3.8) is 0 Å². The SMILES string of the molecule is Nc1nonc1-n1nnc(CN2CCCCC2)c1C(=O)N/N=C/c1ccncc1. The van der Waals surface area contributed by atoms with Crippen molar-refractivity contribution in [1.82, 2.24) is 40.6 Å². The first-order chi connectivity index (χ1) is 14.2. The van der Waals surface area contributed by atoms with Crippen molar-refractivity contribution < 1.29 is 9.42 Å². The third kappa shape index (κ3) is 4.27. The van der Waals surface area contributed by atoms with Gasteiger partial charge in [-0.25, -0.2) is 10.1 Å². The van der Waals surface area contributed by atoms with E-state index in [4.69, 9.17) is 5.73 Å². The Labute approximate surface area is 165 Å². The molecule has 3 aromatic rings. The Morgan fingerprint density at radius 2 is 2.03 bits per heavy atom. The maximum atomic E-state index is 12.9. The van der Waals surface area contributed by atoms with Crippen molar-refractivity contribution in [2.24, 2.45) is 5.10 Å². The number of carbonyl (C=O) groups is 1. The van der Waals surface area contributed by atoms with Gasteiger partial charge in [0, 0.05) is 18.9 Å². The van der Waals surface area contributed by atoms with E-state index in [2.05, 4.69) is 45.7 Å². The van der Waals surface area contributed by atoms with E-state index < -0.39 is 5.91 Å². The Balaban J connectivity index is 1.59. The standard InChI is InChI=1S/C17H20N10O2/c18-15-16(24-29-23-15)27-14(13(21-25-27)11-26-8-2-1-3-9-26)17(28)22-20-10-12-4-6-19-7-5-12/h4-7,10H,1-3,8-9,11H2,(H2,18,23)(H,22,28)/b20-10+. The summed E-state index contributed by atoms with van der Waals surface area (Å²) < 4.78 is 5.87. The topological polar surface area (TPSA) is 153 Å². The van der Waals surface area contributed by atoms with E-state index in [-0.39, 0.29) is 17.3 Å². The van der Waals surface area contributed by atoms with Crippen LogP contribution in [0.1, 0.15) is 41.0 Å². The van der Waals surface area contributed by atoms with Gasteiger partial charge in [0.25, 0.3) is 5.91 Å². The van der Waals surface area contributed by atoms with Crippen LogP contribution in [-0.4, -0.2) is 60.4 Å². The summed E-state index contributed by atoms with van der Waals surface area (Å²) in [6.45, 7) is 2.38. The van der Waals surface area contributed by atoms with E-state index in [1.807, 2.05) is 0 Å². The minimum Gasteiger partial charge on any atom is -0.378 e. The Morgan fingerprint density at radius 1 is 1.24 bits per heavy atom. The van der Waals surface area contributed by atoms with Gasteiger partial charge < -0.3 is 5.73 Å². The van der Waals surface area contributed by atoms with E-state index in [0.717, 1.165) is 31.5 Å². The molecule has 3 N–H and O–H groups in total. The number of nitrogen functional groups attached to an aromatic ring is 1. The lowest BCUT2D eigenvalue weighted by molar-refractivity contribution is 0.0944. The fraction of sp³-hybridized carbons (Fsp3) is 0.353. The normalized spacial score (nSPS) is 15.0. The number of rotatable bonds is 6. The maximum absolute atomic E-state index is 12.9. The van der Waals surface area contributed by atoms with Crippen LogP contribution in [0.5, 0.6) is 0 Å². The van der Waals surface area contributed by atoms with Crippen molar-refractivity contribution in [3.05, 3.63) is 41.5 Å². The Kier molecular flexibility index (Phi) is 5.52. The van der Waals surface area contributed by atoms with E-state index in [1.54, 1.807) is 24.5 Å². The molecule has 1 fully saturated rings. The van der Waals surface area contributed by atoms with Gasteiger partial charge in [0.15, 0.2) is 5.69 Å². The molecule has 4 rings (SSSR count). The summed E-state index contributed by atoms with van der Waals surface area (Å²) in [5.74, 6) is -0.380. The van der Waals surface area contributed by atoms with Gasteiger partial charge >= 0.3 is 0 Å². The van der Waals surface area contributed by atoms with E-state index in [9.17, 15) is 4.79 Å². The number of nitrogens with two attached hydrogens (primary N) is 1. The minimum absolute atomic E-state index is 0.00811. The van der Waals surface area contributed by atoms with Crippen LogP contribution in [0.4, 0.5) is 5.82 Å². The zero-order chi connectivity index (χ0) is 20.1. The maximum Gasteiger partial charge on any atom is 0.292 e. The molecular weight excluding hydrogens is 376 g/mol. The molecule has 3 aromatic heterocycles. The van der Waals surface area contributed by atoms with E-state index >= 15 is 0 Å². The van der Waals surface area contributed by atoms with Gasteiger partial charge in [-0.3, -0.25) is 14.7 Å². The summed E-state index contributed by atoms with van der Waals surface area (Å²) in [5, 5.41) is 19.5. The largest absolute Gasteiger partial charge is 0.378 e. The number of hydrogen-bond acceptors (Lipinski definition) is 10. The van der Waals surface area contributed by atoms with Crippen LogP contribution in [-0.2, 0) is 6.54 Å². The number of nitrogens with zero attached hydrogens (tertiary/aromatic N) is 8. The molecule has 150 valence electrons. The zero-order valence-corrected chi connectivity index (χ0v) is 15.6. The highest BCUT2D eigenvalue weighted by molar-refractivity contribution is 5.94. The molecule has 1 saturated heterocycles. The molecular formula is C17H20N10O2. The number of carbonyl (C=O) groups excluding carboxylic acids is 1. The van der Waals surface area contributed by atoms with Crippen molar-refractivity contribution >= 4 is 17.9 Å². The van der Waals surface area contributed by atoms with E-state index in [0.29, 0.717) is 12.2 Å². The number of hydrazone groups is 1.